The van der Waals surface area contributed by atoms with Crippen LogP contribution in [0.15, 0.2) is 68.8 Å². The van der Waals surface area contributed by atoms with Crippen LogP contribution in [0.1, 0.15) is 44.5 Å². The van der Waals surface area contributed by atoms with Gasteiger partial charge in [0.2, 0.25) is 5.91 Å². The van der Waals surface area contributed by atoms with E-state index in [4.69, 9.17) is 13.6 Å². The Morgan fingerprint density at radius 1 is 1.13 bits per heavy atom. The molecule has 11 nitrogen and oxygen atoms in total. The number of hydrogen-bond acceptors (Lipinski definition) is 8. The Bertz CT molecular complexity index is 1560. The summed E-state index contributed by atoms with van der Waals surface area (Å²) in [6, 6.07) is 13.6. The molecule has 11 heteroatoms. The molecule has 0 radical (unpaired) electrons. The standard InChI is InChI=1S/C28H29N5O6/c1-28(2,3)39-26(35)32-21(22-15-37-16-30-22)13-25(34)31-20(14-29)11-17-5-7-18(8-6-17)19-9-10-24-23(12-19)33(4)27(36)38-24/h5-10,12,15-16,20-21H,11,13H2,1-4H3,(H,31,34)(H,32,35)/t20-,21?/m0/s1. The molecule has 2 heterocycles. The van der Waals surface area contributed by atoms with Crippen LogP contribution in [0.2, 0.25) is 0 Å². The molecule has 39 heavy (non-hydrogen) atoms. The van der Waals surface area contributed by atoms with Gasteiger partial charge in [0.05, 0.1) is 24.0 Å². The molecule has 2 aromatic carbocycles. The number of amides is 2. The predicted octanol–water partition coefficient (Wildman–Crippen LogP) is 3.99. The fraction of sp³-hybridized carbons (Fsp3) is 0.321. The van der Waals surface area contributed by atoms with Gasteiger partial charge in [0, 0.05) is 13.5 Å². The first-order valence-electron chi connectivity index (χ1n) is 12.3. The number of hydrogen-bond donors (Lipinski definition) is 2. The molecule has 2 aromatic heterocycles. The van der Waals surface area contributed by atoms with Gasteiger partial charge in [-0.25, -0.2) is 14.6 Å². The van der Waals surface area contributed by atoms with E-state index in [1.807, 2.05) is 36.4 Å². The van der Waals surface area contributed by atoms with E-state index in [0.717, 1.165) is 16.7 Å². The van der Waals surface area contributed by atoms with Gasteiger partial charge in [-0.2, -0.15) is 5.26 Å². The molecule has 2 atom stereocenters. The predicted molar refractivity (Wildman–Crippen MR) is 141 cm³/mol. The minimum Gasteiger partial charge on any atom is -0.451 e. The van der Waals surface area contributed by atoms with E-state index in [1.54, 1.807) is 33.9 Å². The van der Waals surface area contributed by atoms with Gasteiger partial charge in [-0.3, -0.25) is 9.36 Å². The molecule has 0 saturated heterocycles. The maximum atomic E-state index is 12.8. The topological polar surface area (TPSA) is 152 Å². The summed E-state index contributed by atoms with van der Waals surface area (Å²) >= 11 is 0. The van der Waals surface area contributed by atoms with E-state index in [0.29, 0.717) is 16.8 Å². The van der Waals surface area contributed by atoms with Crippen LogP contribution in [0.3, 0.4) is 0 Å². The molecule has 1 unspecified atom stereocenters. The van der Waals surface area contributed by atoms with Gasteiger partial charge < -0.3 is 24.2 Å². The van der Waals surface area contributed by atoms with Crippen molar-refractivity contribution in [2.45, 2.75) is 51.3 Å². The quantitative estimate of drug-likeness (QED) is 0.346. The lowest BCUT2D eigenvalue weighted by atomic mass is 10.0. The number of fused-ring (bicyclic) bond motifs is 1. The van der Waals surface area contributed by atoms with E-state index in [1.165, 1.54) is 17.2 Å². The Morgan fingerprint density at radius 3 is 2.49 bits per heavy atom. The number of benzene rings is 2. The first kappa shape index (κ1) is 27.2. The first-order valence-corrected chi connectivity index (χ1v) is 12.3. The van der Waals surface area contributed by atoms with Crippen molar-refractivity contribution in [3.63, 3.8) is 0 Å². The summed E-state index contributed by atoms with van der Waals surface area (Å²) in [6.45, 7) is 5.20. The number of nitrogens with zero attached hydrogens (tertiary/aromatic N) is 3. The minimum absolute atomic E-state index is 0.165. The summed E-state index contributed by atoms with van der Waals surface area (Å²) in [5, 5.41) is 15.0. The molecule has 0 aliphatic carbocycles. The van der Waals surface area contributed by atoms with Crippen molar-refractivity contribution in [2.75, 3.05) is 0 Å². The normalized spacial score (nSPS) is 12.9. The van der Waals surface area contributed by atoms with Crippen LogP contribution in [0.4, 0.5) is 4.79 Å². The number of ether oxygens (including phenoxy) is 1. The smallest absolute Gasteiger partial charge is 0.419 e. The maximum Gasteiger partial charge on any atom is 0.419 e. The van der Waals surface area contributed by atoms with Crippen LogP contribution in [-0.2, 0) is 23.0 Å². The average Bonchev–Trinajstić information content (AvgIpc) is 3.51. The first-order chi connectivity index (χ1) is 18.5. The van der Waals surface area contributed by atoms with Crippen LogP contribution in [0.5, 0.6) is 0 Å². The van der Waals surface area contributed by atoms with E-state index in [2.05, 4.69) is 21.7 Å². The van der Waals surface area contributed by atoms with Crippen molar-refractivity contribution in [1.29, 1.82) is 5.26 Å². The Morgan fingerprint density at radius 2 is 1.85 bits per heavy atom. The molecule has 0 bridgehead atoms. The number of carbonyl (C=O) groups excluding carboxylic acids is 2. The molecule has 0 spiro atoms. The number of aromatic nitrogens is 2. The third-order valence-corrected chi connectivity index (χ3v) is 5.90. The van der Waals surface area contributed by atoms with Crippen molar-refractivity contribution in [2.24, 2.45) is 7.05 Å². The Balaban J connectivity index is 1.39. The summed E-state index contributed by atoms with van der Waals surface area (Å²) in [6.07, 6.45) is 1.96. The highest BCUT2D eigenvalue weighted by Crippen LogP contribution is 2.24. The summed E-state index contributed by atoms with van der Waals surface area (Å²) < 4.78 is 16.9. The number of oxazole rings is 2. The van der Waals surface area contributed by atoms with Crippen molar-refractivity contribution in [3.05, 3.63) is 76.9 Å². The molecular weight excluding hydrogens is 502 g/mol. The largest absolute Gasteiger partial charge is 0.451 e. The Hall–Kier alpha value is -4.85. The number of alkyl carbamates (subject to hydrolysis) is 1. The van der Waals surface area contributed by atoms with E-state index < -0.39 is 35.4 Å². The highest BCUT2D eigenvalue weighted by Gasteiger charge is 2.25. The SMILES string of the molecule is Cn1c(=O)oc2ccc(-c3ccc(C[C@@H](C#N)NC(=O)CC(NC(=O)OC(C)(C)C)c4cocn4)cc3)cc21. The molecule has 0 saturated carbocycles. The van der Waals surface area contributed by atoms with Gasteiger partial charge in [-0.15, -0.1) is 0 Å². The zero-order chi connectivity index (χ0) is 28.2. The number of rotatable bonds is 8. The molecule has 4 aromatic rings. The van der Waals surface area contributed by atoms with Crippen molar-refractivity contribution < 1.29 is 23.2 Å². The van der Waals surface area contributed by atoms with E-state index in [9.17, 15) is 19.6 Å². The van der Waals surface area contributed by atoms with Gasteiger partial charge in [-0.1, -0.05) is 30.3 Å². The van der Waals surface area contributed by atoms with Gasteiger partial charge in [0.25, 0.3) is 0 Å². The van der Waals surface area contributed by atoms with Crippen molar-refractivity contribution in [1.82, 2.24) is 20.2 Å². The second-order valence-corrected chi connectivity index (χ2v) is 10.1. The highest BCUT2D eigenvalue weighted by molar-refractivity contribution is 5.81. The maximum absolute atomic E-state index is 12.8. The van der Waals surface area contributed by atoms with Gasteiger partial charge in [0.1, 0.15) is 23.6 Å². The van der Waals surface area contributed by atoms with Crippen LogP contribution in [-0.4, -0.2) is 33.2 Å². The third kappa shape index (κ3) is 6.93. The van der Waals surface area contributed by atoms with E-state index >= 15 is 0 Å². The number of aryl methyl sites for hydroxylation is 1. The molecule has 0 aliphatic rings. The van der Waals surface area contributed by atoms with Crippen LogP contribution < -0.4 is 16.4 Å². The van der Waals surface area contributed by atoms with Crippen LogP contribution in [0, 0.1) is 11.3 Å². The fourth-order valence-electron chi connectivity index (χ4n) is 4.02. The second kappa shape index (κ2) is 11.3. The molecular formula is C28H29N5O6. The molecule has 2 amide bonds. The fourth-order valence-corrected chi connectivity index (χ4v) is 4.02. The van der Waals surface area contributed by atoms with Crippen molar-refractivity contribution in [3.8, 4) is 17.2 Å². The molecule has 202 valence electrons. The number of nitrogens with one attached hydrogen (secondary N) is 2. The molecule has 0 aliphatic heterocycles. The Kier molecular flexibility index (Phi) is 7.85. The minimum atomic E-state index is -0.802. The number of nitriles is 1. The third-order valence-electron chi connectivity index (χ3n) is 5.90. The van der Waals surface area contributed by atoms with Crippen LogP contribution in [0.25, 0.3) is 22.2 Å². The molecule has 0 fully saturated rings. The summed E-state index contributed by atoms with van der Waals surface area (Å²) in [4.78, 5) is 40.9. The average molecular weight is 532 g/mol. The summed E-state index contributed by atoms with van der Waals surface area (Å²) in [5.41, 5.74) is 3.53. The lowest BCUT2D eigenvalue weighted by Gasteiger charge is -2.23. The van der Waals surface area contributed by atoms with Crippen molar-refractivity contribution >= 4 is 23.1 Å². The molecule has 2 N–H and O–H groups in total. The summed E-state index contributed by atoms with van der Waals surface area (Å²) in [7, 11) is 1.65. The van der Waals surface area contributed by atoms with Gasteiger partial charge >= 0.3 is 11.8 Å². The lowest BCUT2D eigenvalue weighted by molar-refractivity contribution is -0.122. The number of carbonyl (C=O) groups is 2. The van der Waals surface area contributed by atoms with Crippen LogP contribution >= 0.6 is 0 Å². The van der Waals surface area contributed by atoms with Gasteiger partial charge in [-0.05, 0) is 49.6 Å². The molecule has 4 rings (SSSR count). The summed E-state index contributed by atoms with van der Waals surface area (Å²) in [5.74, 6) is -0.865. The van der Waals surface area contributed by atoms with Gasteiger partial charge in [0.15, 0.2) is 12.0 Å². The lowest BCUT2D eigenvalue weighted by Crippen LogP contribution is -2.40. The highest BCUT2D eigenvalue weighted by atomic mass is 16.6. The zero-order valence-electron chi connectivity index (χ0n) is 22.1. The van der Waals surface area contributed by atoms with E-state index in [-0.39, 0.29) is 12.8 Å². The Labute approximate surface area is 224 Å². The monoisotopic (exact) mass is 531 g/mol. The second-order valence-electron chi connectivity index (χ2n) is 10.1. The zero-order valence-corrected chi connectivity index (χ0v) is 22.1.